The van der Waals surface area contributed by atoms with E-state index in [1.54, 1.807) is 17.8 Å². The number of likely N-dealkylation sites (tertiary alicyclic amines) is 1. The van der Waals surface area contributed by atoms with Crippen LogP contribution in [0, 0.1) is 5.41 Å². The van der Waals surface area contributed by atoms with Crippen LogP contribution in [-0.2, 0) is 4.79 Å². The van der Waals surface area contributed by atoms with Gasteiger partial charge >= 0.3 is 0 Å². The molecular weight excluding hydrogens is 446 g/mol. The van der Waals surface area contributed by atoms with Crippen LogP contribution in [0.3, 0.4) is 0 Å². The Morgan fingerprint density at radius 2 is 2.12 bits per heavy atom. The molecule has 1 aromatic carbocycles. The van der Waals surface area contributed by atoms with Gasteiger partial charge in [-0.2, -0.15) is 0 Å². The Kier molecular flexibility index (Phi) is 4.46. The number of H-pyrrole nitrogens is 1. The molecule has 0 bridgehead atoms. The van der Waals surface area contributed by atoms with Gasteiger partial charge < -0.3 is 14.6 Å². The first kappa shape index (κ1) is 20.6. The molecule has 3 aliphatic heterocycles. The standard InChI is InChI=1S/C27H27N3O3S/c1-29-15-17-14-27(17)24(29)13-22(31)19-12-23(34-26(19)27)25(32)21-11-16-10-18(4-5-20(16)28-21)33-9-8-30-6-2-3-7-30/h4-5,10-13,15,23,26,28H,2-3,6-9,14H2,1H3/t23?,26-,27?/m0/s1. The van der Waals surface area contributed by atoms with Crippen molar-refractivity contribution in [3.63, 3.8) is 0 Å². The molecule has 2 unspecified atom stereocenters. The number of aromatic amines is 1. The van der Waals surface area contributed by atoms with Crippen molar-refractivity contribution in [1.82, 2.24) is 14.8 Å². The molecule has 2 fully saturated rings. The number of carbonyl (C=O) groups excluding carboxylic acids is 2. The molecule has 1 saturated carbocycles. The lowest BCUT2D eigenvalue weighted by Crippen LogP contribution is -2.33. The number of nitrogens with zero attached hydrogens (tertiary/aromatic N) is 2. The van der Waals surface area contributed by atoms with Crippen molar-refractivity contribution in [3.8, 4) is 5.75 Å². The number of carbonyl (C=O) groups is 2. The van der Waals surface area contributed by atoms with Crippen LogP contribution >= 0.6 is 11.8 Å². The number of fused-ring (bicyclic) bond motifs is 2. The number of thioether (sulfide) groups is 1. The molecule has 34 heavy (non-hydrogen) atoms. The molecule has 2 aromatic rings. The molecule has 4 heterocycles. The van der Waals surface area contributed by atoms with Gasteiger partial charge in [-0.25, -0.2) is 0 Å². The number of aromatic nitrogens is 1. The fourth-order valence-corrected chi connectivity index (χ4v) is 7.85. The van der Waals surface area contributed by atoms with Gasteiger partial charge in [0, 0.05) is 53.3 Å². The lowest BCUT2D eigenvalue weighted by Gasteiger charge is -2.31. The van der Waals surface area contributed by atoms with Crippen LogP contribution in [0.5, 0.6) is 5.75 Å². The molecule has 1 saturated heterocycles. The third kappa shape index (κ3) is 2.99. The molecule has 5 aliphatic rings. The van der Waals surface area contributed by atoms with E-state index in [4.69, 9.17) is 4.74 Å². The molecule has 174 valence electrons. The molecule has 1 spiro atoms. The first-order chi connectivity index (χ1) is 16.5. The summed E-state index contributed by atoms with van der Waals surface area (Å²) < 4.78 is 5.98. The van der Waals surface area contributed by atoms with Gasteiger partial charge in [0.2, 0.25) is 0 Å². The first-order valence-electron chi connectivity index (χ1n) is 12.1. The van der Waals surface area contributed by atoms with Crippen molar-refractivity contribution in [2.24, 2.45) is 5.41 Å². The third-order valence-corrected chi connectivity index (χ3v) is 9.56. The Morgan fingerprint density at radius 3 is 2.97 bits per heavy atom. The van der Waals surface area contributed by atoms with Crippen molar-refractivity contribution in [2.45, 2.75) is 29.8 Å². The van der Waals surface area contributed by atoms with Crippen LogP contribution in [-0.4, -0.2) is 70.1 Å². The van der Waals surface area contributed by atoms with Crippen molar-refractivity contribution in [3.05, 3.63) is 65.2 Å². The van der Waals surface area contributed by atoms with Crippen molar-refractivity contribution in [1.29, 1.82) is 0 Å². The Balaban J connectivity index is 1.08. The Bertz CT molecular complexity index is 1330. The summed E-state index contributed by atoms with van der Waals surface area (Å²) in [5.74, 6) is 0.909. The van der Waals surface area contributed by atoms with Gasteiger partial charge in [0.1, 0.15) is 12.4 Å². The zero-order valence-electron chi connectivity index (χ0n) is 19.2. The topological polar surface area (TPSA) is 65.6 Å². The zero-order chi connectivity index (χ0) is 23.0. The summed E-state index contributed by atoms with van der Waals surface area (Å²) in [7, 11) is 2.01. The van der Waals surface area contributed by atoms with Gasteiger partial charge in [0.15, 0.2) is 11.6 Å². The number of benzene rings is 1. The van der Waals surface area contributed by atoms with Gasteiger partial charge in [-0.1, -0.05) is 6.08 Å². The summed E-state index contributed by atoms with van der Waals surface area (Å²) in [4.78, 5) is 34.1. The molecule has 1 aromatic heterocycles. The van der Waals surface area contributed by atoms with E-state index in [1.165, 1.54) is 31.5 Å². The van der Waals surface area contributed by atoms with E-state index in [-0.39, 0.29) is 27.5 Å². The smallest absolute Gasteiger partial charge is 0.195 e. The molecule has 1 N–H and O–H groups in total. The van der Waals surface area contributed by atoms with Crippen LogP contribution in [0.25, 0.3) is 10.9 Å². The Morgan fingerprint density at radius 1 is 1.26 bits per heavy atom. The van der Waals surface area contributed by atoms with Crippen molar-refractivity contribution >= 4 is 34.2 Å². The van der Waals surface area contributed by atoms with Crippen molar-refractivity contribution in [2.75, 3.05) is 33.3 Å². The number of hydrogen-bond donors (Lipinski definition) is 1. The number of Topliss-reactive ketones (excluding diaryl/α,β-unsaturated/α-hetero) is 1. The quantitative estimate of drug-likeness (QED) is 0.642. The fraction of sp³-hybridized carbons (Fsp3) is 0.407. The average Bonchev–Trinajstić information content (AvgIpc) is 3.36. The molecule has 6 nitrogen and oxygen atoms in total. The van der Waals surface area contributed by atoms with Crippen LogP contribution in [0.2, 0.25) is 0 Å². The van der Waals surface area contributed by atoms with E-state index in [0.717, 1.165) is 40.9 Å². The molecule has 7 rings (SSSR count). The number of ether oxygens (including phenoxy) is 1. The van der Waals surface area contributed by atoms with Crippen LogP contribution in [0.4, 0.5) is 0 Å². The fourth-order valence-electron chi connectivity index (χ4n) is 6.15. The van der Waals surface area contributed by atoms with E-state index < -0.39 is 0 Å². The van der Waals surface area contributed by atoms with Gasteiger partial charge in [-0.3, -0.25) is 14.5 Å². The van der Waals surface area contributed by atoms with Crippen LogP contribution in [0.1, 0.15) is 29.8 Å². The maximum absolute atomic E-state index is 13.5. The second kappa shape index (κ2) is 7.36. The number of nitrogens with one attached hydrogen (secondary N) is 1. The summed E-state index contributed by atoms with van der Waals surface area (Å²) in [6.07, 6.45) is 9.41. The summed E-state index contributed by atoms with van der Waals surface area (Å²) >= 11 is 1.64. The summed E-state index contributed by atoms with van der Waals surface area (Å²) in [5, 5.41) is 0.673. The van der Waals surface area contributed by atoms with Crippen molar-refractivity contribution < 1.29 is 14.3 Å². The summed E-state index contributed by atoms with van der Waals surface area (Å²) in [5.41, 5.74) is 4.73. The Labute approximate surface area is 202 Å². The van der Waals surface area contributed by atoms with E-state index >= 15 is 0 Å². The zero-order valence-corrected chi connectivity index (χ0v) is 20.0. The lowest BCUT2D eigenvalue weighted by atomic mass is 9.84. The van der Waals surface area contributed by atoms with Gasteiger partial charge in [0.05, 0.1) is 16.4 Å². The average molecular weight is 474 g/mol. The largest absolute Gasteiger partial charge is 0.492 e. The maximum Gasteiger partial charge on any atom is 0.195 e. The van der Waals surface area contributed by atoms with E-state index in [0.29, 0.717) is 12.3 Å². The van der Waals surface area contributed by atoms with E-state index in [1.807, 2.05) is 37.4 Å². The van der Waals surface area contributed by atoms with E-state index in [2.05, 4.69) is 21.0 Å². The molecule has 0 amide bonds. The lowest BCUT2D eigenvalue weighted by molar-refractivity contribution is -0.111. The maximum atomic E-state index is 13.5. The second-order valence-electron chi connectivity index (χ2n) is 10.1. The minimum absolute atomic E-state index is 0.0304. The van der Waals surface area contributed by atoms with Gasteiger partial charge in [-0.15, -0.1) is 11.8 Å². The highest BCUT2D eigenvalue weighted by Crippen LogP contribution is 2.71. The Hall–Kier alpha value is -2.77. The molecule has 0 radical (unpaired) electrons. The number of allylic oxidation sites excluding steroid dienone is 2. The normalized spacial score (nSPS) is 29.5. The van der Waals surface area contributed by atoms with Crippen LogP contribution < -0.4 is 4.74 Å². The highest BCUT2D eigenvalue weighted by molar-refractivity contribution is 8.02. The SMILES string of the molecule is CN1C=C2CC23C1=CC(=O)C1=CC(C(=O)c2cc4cc(OCCN5CCCC5)ccc4[nH]2)S[C@@H]13. The van der Waals surface area contributed by atoms with E-state index in [9.17, 15) is 9.59 Å². The highest BCUT2D eigenvalue weighted by Gasteiger charge is 2.66. The number of ketones is 2. The minimum atomic E-state index is -0.344. The minimum Gasteiger partial charge on any atom is -0.492 e. The molecular formula is C27H27N3O3S. The van der Waals surface area contributed by atoms with Gasteiger partial charge in [0.25, 0.3) is 0 Å². The second-order valence-corrected chi connectivity index (χ2v) is 11.3. The predicted octanol–water partition coefficient (Wildman–Crippen LogP) is 3.92. The molecule has 3 atom stereocenters. The highest BCUT2D eigenvalue weighted by atomic mass is 32.2. The summed E-state index contributed by atoms with van der Waals surface area (Å²) in [6.45, 7) is 3.96. The monoisotopic (exact) mass is 473 g/mol. The molecule has 7 heteroatoms. The van der Waals surface area contributed by atoms with Crippen LogP contribution in [0.15, 0.2) is 59.5 Å². The number of rotatable bonds is 6. The third-order valence-electron chi connectivity index (χ3n) is 7.99. The van der Waals surface area contributed by atoms with Gasteiger partial charge in [-0.05, 0) is 62.2 Å². The number of hydrogen-bond acceptors (Lipinski definition) is 6. The first-order valence-corrected chi connectivity index (χ1v) is 13.1. The summed E-state index contributed by atoms with van der Waals surface area (Å²) in [6, 6.07) is 7.86. The predicted molar refractivity (Wildman–Crippen MR) is 133 cm³/mol. The molecule has 2 aliphatic carbocycles.